The van der Waals surface area contributed by atoms with Crippen molar-refractivity contribution in [3.05, 3.63) is 0 Å². The van der Waals surface area contributed by atoms with E-state index < -0.39 is 0 Å². The summed E-state index contributed by atoms with van der Waals surface area (Å²) in [4.78, 5) is 25.4. The van der Waals surface area contributed by atoms with Crippen LogP contribution >= 0.6 is 0 Å². The van der Waals surface area contributed by atoms with Crippen molar-refractivity contribution in [2.45, 2.75) is 85.0 Å². The summed E-state index contributed by atoms with van der Waals surface area (Å²) in [6.45, 7) is 8.15. The second kappa shape index (κ2) is 6.97. The third-order valence-corrected chi connectivity index (χ3v) is 9.91. The Bertz CT molecular complexity index is 616. The van der Waals surface area contributed by atoms with Crippen LogP contribution in [0.4, 0.5) is 0 Å². The predicted octanol–water partition coefficient (Wildman–Crippen LogP) is 4.77. The molecule has 0 saturated heterocycles. The van der Waals surface area contributed by atoms with E-state index in [4.69, 9.17) is 5.73 Å². The van der Waals surface area contributed by atoms with Crippen LogP contribution in [-0.2, 0) is 9.59 Å². The Kier molecular flexibility index (Phi) is 5.06. The van der Waals surface area contributed by atoms with E-state index in [1.807, 2.05) is 0 Å². The van der Waals surface area contributed by atoms with E-state index in [9.17, 15) is 9.59 Å². The average molecular weight is 374 g/mol. The molecule has 0 unspecified atom stereocenters. The van der Waals surface area contributed by atoms with Crippen molar-refractivity contribution in [1.82, 2.24) is 0 Å². The summed E-state index contributed by atoms with van der Waals surface area (Å²) in [6.07, 6.45) is 10.4. The van der Waals surface area contributed by atoms with E-state index in [0.29, 0.717) is 47.6 Å². The second-order valence-electron chi connectivity index (χ2n) is 11.0. The Morgan fingerprint density at radius 1 is 1.04 bits per heavy atom. The van der Waals surface area contributed by atoms with Crippen molar-refractivity contribution in [3.8, 4) is 0 Å². The smallest absolute Gasteiger partial charge is 0.136 e. The van der Waals surface area contributed by atoms with Gasteiger partial charge in [-0.1, -0.05) is 20.8 Å². The maximum absolute atomic E-state index is 13.3. The van der Waals surface area contributed by atoms with E-state index in [0.717, 1.165) is 37.6 Å². The molecule has 0 heterocycles. The molecule has 0 aromatic rings. The summed E-state index contributed by atoms with van der Waals surface area (Å²) in [7, 11) is 0. The third-order valence-electron chi connectivity index (χ3n) is 9.91. The number of carbonyl (C=O) groups excluding carboxylic acids is 2. The molecule has 0 aromatic heterocycles. The first-order valence-corrected chi connectivity index (χ1v) is 11.6. The van der Waals surface area contributed by atoms with E-state index >= 15 is 0 Å². The Morgan fingerprint density at radius 3 is 2.52 bits per heavy atom. The third kappa shape index (κ3) is 2.94. The summed E-state index contributed by atoms with van der Waals surface area (Å²) in [5, 5.41) is 0. The maximum atomic E-state index is 13.3. The lowest BCUT2D eigenvalue weighted by atomic mass is 9.44. The van der Waals surface area contributed by atoms with Crippen LogP contribution in [0.15, 0.2) is 0 Å². The van der Waals surface area contributed by atoms with Gasteiger partial charge in [-0.15, -0.1) is 0 Å². The van der Waals surface area contributed by atoms with Gasteiger partial charge in [0.05, 0.1) is 0 Å². The van der Waals surface area contributed by atoms with Crippen molar-refractivity contribution >= 4 is 11.6 Å². The molecule has 0 aliphatic heterocycles. The Balaban J connectivity index is 1.59. The van der Waals surface area contributed by atoms with Crippen LogP contribution in [0.3, 0.4) is 0 Å². The fourth-order valence-corrected chi connectivity index (χ4v) is 8.34. The van der Waals surface area contributed by atoms with Crippen molar-refractivity contribution < 1.29 is 9.59 Å². The van der Waals surface area contributed by atoms with Crippen LogP contribution in [-0.4, -0.2) is 18.1 Å². The van der Waals surface area contributed by atoms with Crippen molar-refractivity contribution in [2.24, 2.45) is 52.1 Å². The number of hydrogen-bond acceptors (Lipinski definition) is 3. The van der Waals surface area contributed by atoms with Crippen molar-refractivity contribution in [3.63, 3.8) is 0 Å². The monoisotopic (exact) mass is 373 g/mol. The van der Waals surface area contributed by atoms with Gasteiger partial charge in [-0.25, -0.2) is 0 Å². The van der Waals surface area contributed by atoms with Gasteiger partial charge in [0, 0.05) is 25.2 Å². The minimum Gasteiger partial charge on any atom is -0.330 e. The molecular weight excluding hydrogens is 334 g/mol. The van der Waals surface area contributed by atoms with Crippen molar-refractivity contribution in [1.29, 1.82) is 0 Å². The number of ketones is 2. The van der Waals surface area contributed by atoms with Crippen molar-refractivity contribution in [2.75, 3.05) is 6.54 Å². The van der Waals surface area contributed by atoms with Gasteiger partial charge in [0.15, 0.2) is 0 Å². The van der Waals surface area contributed by atoms with Crippen LogP contribution in [0.5, 0.6) is 0 Å². The molecule has 4 fully saturated rings. The van der Waals surface area contributed by atoms with Crippen LogP contribution in [0.1, 0.15) is 85.0 Å². The Hall–Kier alpha value is -0.700. The fraction of sp³-hybridized carbons (Fsp3) is 0.917. The number of carbonyl (C=O) groups is 2. The minimum atomic E-state index is 0.219. The highest BCUT2D eigenvalue weighted by molar-refractivity contribution is 5.86. The minimum absolute atomic E-state index is 0.219. The lowest BCUT2D eigenvalue weighted by molar-refractivity contribution is -0.159. The highest BCUT2D eigenvalue weighted by Gasteiger charge is 2.62. The molecule has 4 aliphatic carbocycles. The maximum Gasteiger partial charge on any atom is 0.136 e. The Labute approximate surface area is 165 Å². The highest BCUT2D eigenvalue weighted by atomic mass is 16.1. The summed E-state index contributed by atoms with van der Waals surface area (Å²) in [6, 6.07) is 0. The molecule has 0 radical (unpaired) electrons. The molecule has 152 valence electrons. The fourth-order valence-electron chi connectivity index (χ4n) is 8.34. The molecule has 4 saturated carbocycles. The zero-order chi connectivity index (χ0) is 19.4. The topological polar surface area (TPSA) is 60.2 Å². The molecule has 27 heavy (non-hydrogen) atoms. The number of fused-ring (bicyclic) bond motifs is 5. The standard InChI is InChI=1S/C24H39NO2/c1-15(5-4-12-25)18-6-7-19-22-20(9-11-24(18,19)3)23(2)10-8-17(26)13-16(23)14-21(22)27/h15-16,18-20,22H,4-14,25H2,1-3H3/t15-,16+,18-,19+,20+,22+,23+,24-/m1/s1. The molecule has 8 atom stereocenters. The summed E-state index contributed by atoms with van der Waals surface area (Å²) in [5.41, 5.74) is 6.31. The summed E-state index contributed by atoms with van der Waals surface area (Å²) >= 11 is 0. The molecule has 0 spiro atoms. The van der Waals surface area contributed by atoms with Gasteiger partial charge in [-0.3, -0.25) is 9.59 Å². The largest absolute Gasteiger partial charge is 0.330 e. The first-order chi connectivity index (χ1) is 12.8. The molecular formula is C24H39NO2. The van der Waals surface area contributed by atoms with Gasteiger partial charge in [0.2, 0.25) is 0 Å². The van der Waals surface area contributed by atoms with Crippen LogP contribution in [0.2, 0.25) is 0 Å². The predicted molar refractivity (Wildman–Crippen MR) is 108 cm³/mol. The van der Waals surface area contributed by atoms with E-state index in [2.05, 4.69) is 20.8 Å². The molecule has 0 aromatic carbocycles. The normalized spacial score (nSPS) is 47.9. The van der Waals surface area contributed by atoms with Gasteiger partial charge in [0.25, 0.3) is 0 Å². The molecule has 4 aliphatic rings. The SMILES string of the molecule is C[C@H](CCCN)[C@H]1CC[C@H]2[C@@H]3C(=O)C[C@@H]4CC(=O)CC[C@]4(C)[C@H]3CC[C@]12C. The molecule has 4 rings (SSSR count). The quantitative estimate of drug-likeness (QED) is 0.772. The first kappa shape index (κ1) is 19.6. The number of rotatable bonds is 4. The van der Waals surface area contributed by atoms with Gasteiger partial charge in [-0.05, 0) is 91.9 Å². The number of hydrogen-bond donors (Lipinski definition) is 1. The lowest BCUT2D eigenvalue weighted by Gasteiger charge is -2.59. The highest BCUT2D eigenvalue weighted by Crippen LogP contribution is 2.67. The van der Waals surface area contributed by atoms with Gasteiger partial charge in [0.1, 0.15) is 11.6 Å². The van der Waals surface area contributed by atoms with Crippen LogP contribution in [0, 0.1) is 46.3 Å². The van der Waals surface area contributed by atoms with Crippen LogP contribution < -0.4 is 5.73 Å². The van der Waals surface area contributed by atoms with E-state index in [-0.39, 0.29) is 11.3 Å². The van der Waals surface area contributed by atoms with Gasteiger partial charge in [-0.2, -0.15) is 0 Å². The summed E-state index contributed by atoms with van der Waals surface area (Å²) < 4.78 is 0. The molecule has 2 N–H and O–H groups in total. The van der Waals surface area contributed by atoms with E-state index in [1.165, 1.54) is 32.1 Å². The van der Waals surface area contributed by atoms with Crippen LogP contribution in [0.25, 0.3) is 0 Å². The molecule has 3 heteroatoms. The Morgan fingerprint density at radius 2 is 1.78 bits per heavy atom. The van der Waals surface area contributed by atoms with Gasteiger partial charge < -0.3 is 5.73 Å². The molecule has 0 amide bonds. The zero-order valence-electron chi connectivity index (χ0n) is 17.6. The molecule has 3 nitrogen and oxygen atoms in total. The van der Waals surface area contributed by atoms with Gasteiger partial charge >= 0.3 is 0 Å². The second-order valence-corrected chi connectivity index (χ2v) is 11.0. The lowest BCUT2D eigenvalue weighted by Crippen LogP contribution is -2.57. The average Bonchev–Trinajstić information content (AvgIpc) is 2.98. The first-order valence-electron chi connectivity index (χ1n) is 11.6. The van der Waals surface area contributed by atoms with E-state index in [1.54, 1.807) is 0 Å². The number of nitrogens with two attached hydrogens (primary N) is 1. The number of Topliss-reactive ketones (excluding diaryl/α,β-unsaturated/α-hetero) is 2. The summed E-state index contributed by atoms with van der Waals surface area (Å²) in [5.74, 6) is 4.04. The zero-order valence-corrected chi connectivity index (χ0v) is 17.6. The molecule has 0 bridgehead atoms.